The number of hydrogen-bond acceptors (Lipinski definition) is 2. The van der Waals surface area contributed by atoms with Crippen LogP contribution in [-0.4, -0.2) is 12.4 Å². The van der Waals surface area contributed by atoms with E-state index in [0.29, 0.717) is 5.75 Å². The number of ether oxygens (including phenoxy) is 1. The molecule has 1 rings (SSSR count). The second-order valence-corrected chi connectivity index (χ2v) is 2.73. The summed E-state index contributed by atoms with van der Waals surface area (Å²) < 4.78 is 17.8. The van der Waals surface area contributed by atoms with Crippen molar-refractivity contribution in [3.63, 3.8) is 0 Å². The first-order chi connectivity index (χ1) is 6.72. The number of ketones is 1. The van der Waals surface area contributed by atoms with Crippen molar-refractivity contribution in [1.82, 2.24) is 0 Å². The highest BCUT2D eigenvalue weighted by Gasteiger charge is 1.98. The molecular formula is C11H11FO2. The van der Waals surface area contributed by atoms with E-state index < -0.39 is 0 Å². The Bertz CT molecular complexity index is 334. The summed E-state index contributed by atoms with van der Waals surface area (Å²) in [6.07, 6.45) is 1.51. The second kappa shape index (κ2) is 5.17. The summed E-state index contributed by atoms with van der Waals surface area (Å²) in [5.41, 5.74) is 0. The van der Waals surface area contributed by atoms with E-state index in [1.807, 2.05) is 0 Å². The molecule has 0 aliphatic rings. The molecule has 0 fully saturated rings. The van der Waals surface area contributed by atoms with Gasteiger partial charge in [0.25, 0.3) is 0 Å². The quantitative estimate of drug-likeness (QED) is 0.672. The van der Waals surface area contributed by atoms with Gasteiger partial charge in [0.1, 0.15) is 11.6 Å². The van der Waals surface area contributed by atoms with Gasteiger partial charge in [-0.05, 0) is 18.2 Å². The predicted molar refractivity (Wildman–Crippen MR) is 51.7 cm³/mol. The zero-order chi connectivity index (χ0) is 10.4. The van der Waals surface area contributed by atoms with Gasteiger partial charge in [-0.1, -0.05) is 12.6 Å². The molecule has 0 aliphatic heterocycles. The van der Waals surface area contributed by atoms with E-state index >= 15 is 0 Å². The number of benzene rings is 1. The average Bonchev–Trinajstić information content (AvgIpc) is 2.17. The third-order valence-corrected chi connectivity index (χ3v) is 1.64. The fourth-order valence-corrected chi connectivity index (χ4v) is 0.928. The van der Waals surface area contributed by atoms with Crippen molar-refractivity contribution in [2.75, 3.05) is 6.61 Å². The minimum Gasteiger partial charge on any atom is -0.493 e. The zero-order valence-corrected chi connectivity index (χ0v) is 7.70. The molecule has 0 amide bonds. The molecule has 14 heavy (non-hydrogen) atoms. The predicted octanol–water partition coefficient (Wildman–Crippen LogP) is 2.35. The molecule has 0 aromatic heterocycles. The fourth-order valence-electron chi connectivity index (χ4n) is 0.928. The highest BCUT2D eigenvalue weighted by Crippen LogP contribution is 2.11. The molecule has 74 valence electrons. The molecule has 0 N–H and O–H groups in total. The van der Waals surface area contributed by atoms with Crippen LogP contribution in [0.1, 0.15) is 6.42 Å². The lowest BCUT2D eigenvalue weighted by Gasteiger charge is -2.03. The summed E-state index contributed by atoms with van der Waals surface area (Å²) in [4.78, 5) is 10.8. The number of carbonyl (C=O) groups is 1. The molecule has 0 atom stereocenters. The maximum Gasteiger partial charge on any atom is 0.158 e. The van der Waals surface area contributed by atoms with E-state index in [1.54, 1.807) is 12.1 Å². The van der Waals surface area contributed by atoms with Crippen molar-refractivity contribution in [2.24, 2.45) is 0 Å². The van der Waals surface area contributed by atoms with Gasteiger partial charge in [-0.25, -0.2) is 4.39 Å². The Hall–Kier alpha value is -1.64. The fraction of sp³-hybridized carbons (Fsp3) is 0.182. The summed E-state index contributed by atoms with van der Waals surface area (Å²) >= 11 is 0. The highest BCUT2D eigenvalue weighted by atomic mass is 19.1. The van der Waals surface area contributed by atoms with E-state index in [0.717, 1.165) is 0 Å². The van der Waals surface area contributed by atoms with Crippen LogP contribution in [0, 0.1) is 5.82 Å². The molecule has 0 saturated heterocycles. The van der Waals surface area contributed by atoms with Crippen LogP contribution in [-0.2, 0) is 4.79 Å². The first-order valence-corrected chi connectivity index (χ1v) is 4.26. The topological polar surface area (TPSA) is 26.3 Å². The standard InChI is InChI=1S/C11H11FO2/c1-2-10(13)6-7-14-11-5-3-4-9(12)8-11/h2-5,8H,1,6-7H2. The van der Waals surface area contributed by atoms with Gasteiger partial charge in [0, 0.05) is 12.5 Å². The average molecular weight is 194 g/mol. The number of halogens is 1. The van der Waals surface area contributed by atoms with Gasteiger partial charge in [-0.2, -0.15) is 0 Å². The summed E-state index contributed by atoms with van der Waals surface area (Å²) in [7, 11) is 0. The van der Waals surface area contributed by atoms with Crippen LogP contribution in [0.25, 0.3) is 0 Å². The van der Waals surface area contributed by atoms with Gasteiger partial charge in [0.15, 0.2) is 5.78 Å². The lowest BCUT2D eigenvalue weighted by atomic mass is 10.3. The Balaban J connectivity index is 2.38. The third kappa shape index (κ3) is 3.39. The van der Waals surface area contributed by atoms with Gasteiger partial charge >= 0.3 is 0 Å². The lowest BCUT2D eigenvalue weighted by Crippen LogP contribution is -2.03. The van der Waals surface area contributed by atoms with Crippen LogP contribution in [0.4, 0.5) is 4.39 Å². The van der Waals surface area contributed by atoms with E-state index in [9.17, 15) is 9.18 Å². The van der Waals surface area contributed by atoms with E-state index in [2.05, 4.69) is 6.58 Å². The van der Waals surface area contributed by atoms with Crippen LogP contribution in [0.15, 0.2) is 36.9 Å². The number of hydrogen-bond donors (Lipinski definition) is 0. The van der Waals surface area contributed by atoms with Gasteiger partial charge < -0.3 is 4.74 Å². The van der Waals surface area contributed by atoms with E-state index in [1.165, 1.54) is 18.2 Å². The van der Waals surface area contributed by atoms with E-state index in [4.69, 9.17) is 4.74 Å². The minimum absolute atomic E-state index is 0.0820. The largest absolute Gasteiger partial charge is 0.493 e. The Morgan fingerprint density at radius 2 is 2.36 bits per heavy atom. The molecule has 0 saturated carbocycles. The van der Waals surface area contributed by atoms with Gasteiger partial charge in [0.05, 0.1) is 6.61 Å². The number of rotatable bonds is 5. The molecule has 3 heteroatoms. The Morgan fingerprint density at radius 1 is 1.57 bits per heavy atom. The molecule has 0 radical (unpaired) electrons. The molecule has 0 aliphatic carbocycles. The van der Waals surface area contributed by atoms with Crippen LogP contribution >= 0.6 is 0 Å². The van der Waals surface area contributed by atoms with Crippen molar-refractivity contribution in [3.05, 3.63) is 42.7 Å². The molecule has 1 aromatic carbocycles. The lowest BCUT2D eigenvalue weighted by molar-refractivity contribution is -0.115. The Labute approximate surface area is 82.0 Å². The smallest absolute Gasteiger partial charge is 0.158 e. The molecule has 0 bridgehead atoms. The van der Waals surface area contributed by atoms with Crippen LogP contribution in [0.5, 0.6) is 5.75 Å². The van der Waals surface area contributed by atoms with Crippen molar-refractivity contribution in [1.29, 1.82) is 0 Å². The maximum atomic E-state index is 12.7. The summed E-state index contributed by atoms with van der Waals surface area (Å²) in [5, 5.41) is 0. The second-order valence-electron chi connectivity index (χ2n) is 2.73. The van der Waals surface area contributed by atoms with Crippen molar-refractivity contribution < 1.29 is 13.9 Å². The van der Waals surface area contributed by atoms with Crippen molar-refractivity contribution in [3.8, 4) is 5.75 Å². The molecule has 0 unspecified atom stereocenters. The van der Waals surface area contributed by atoms with Gasteiger partial charge in [0.2, 0.25) is 0 Å². The monoisotopic (exact) mass is 194 g/mol. The van der Waals surface area contributed by atoms with Crippen LogP contribution in [0.2, 0.25) is 0 Å². The molecule has 0 spiro atoms. The SMILES string of the molecule is C=CC(=O)CCOc1cccc(F)c1. The first-order valence-electron chi connectivity index (χ1n) is 4.26. The van der Waals surface area contributed by atoms with Gasteiger partial charge in [-0.3, -0.25) is 4.79 Å². The first kappa shape index (κ1) is 10.4. The molecular weight excluding hydrogens is 183 g/mol. The maximum absolute atomic E-state index is 12.7. The van der Waals surface area contributed by atoms with Gasteiger partial charge in [-0.15, -0.1) is 0 Å². The van der Waals surface area contributed by atoms with Crippen LogP contribution in [0.3, 0.4) is 0 Å². The van der Waals surface area contributed by atoms with Crippen molar-refractivity contribution in [2.45, 2.75) is 6.42 Å². The summed E-state index contributed by atoms with van der Waals surface area (Å²) in [5.74, 6) is 0.000752. The van der Waals surface area contributed by atoms with Crippen LogP contribution < -0.4 is 4.74 Å². The molecule has 2 nitrogen and oxygen atoms in total. The summed E-state index contributed by atoms with van der Waals surface area (Å²) in [6.45, 7) is 3.58. The molecule has 0 heterocycles. The Kier molecular flexibility index (Phi) is 3.85. The van der Waals surface area contributed by atoms with E-state index in [-0.39, 0.29) is 24.6 Å². The normalized spacial score (nSPS) is 9.50. The summed E-state index contributed by atoms with van der Waals surface area (Å²) in [6, 6.07) is 5.81. The number of carbonyl (C=O) groups excluding carboxylic acids is 1. The minimum atomic E-state index is -0.349. The zero-order valence-electron chi connectivity index (χ0n) is 7.70. The third-order valence-electron chi connectivity index (χ3n) is 1.64. The molecule has 1 aromatic rings. The van der Waals surface area contributed by atoms with Crippen molar-refractivity contribution >= 4 is 5.78 Å². The highest BCUT2D eigenvalue weighted by molar-refractivity contribution is 5.89. The number of allylic oxidation sites excluding steroid dienone is 1. The Morgan fingerprint density at radius 3 is 3.00 bits per heavy atom.